The first-order chi connectivity index (χ1) is 10.2. The Labute approximate surface area is 127 Å². The lowest BCUT2D eigenvalue weighted by Gasteiger charge is -2.34. The highest BCUT2D eigenvalue weighted by Crippen LogP contribution is 2.33. The van der Waals surface area contributed by atoms with Crippen LogP contribution in [0.15, 0.2) is 18.3 Å². The van der Waals surface area contributed by atoms with E-state index in [-0.39, 0.29) is 5.91 Å². The summed E-state index contributed by atoms with van der Waals surface area (Å²) in [4.78, 5) is 22.0. The van der Waals surface area contributed by atoms with Gasteiger partial charge in [-0.2, -0.15) is 0 Å². The summed E-state index contributed by atoms with van der Waals surface area (Å²) < 4.78 is 0.981. The molecule has 0 bridgehead atoms. The fourth-order valence-electron chi connectivity index (χ4n) is 2.98. The second-order valence-electron chi connectivity index (χ2n) is 5.75. The number of pyridine rings is 1. The molecule has 4 rings (SSSR count). The molecule has 1 saturated heterocycles. The van der Waals surface area contributed by atoms with Gasteiger partial charge in [0.1, 0.15) is 10.4 Å². The first-order valence-electron chi connectivity index (χ1n) is 7.40. The predicted octanol–water partition coefficient (Wildman–Crippen LogP) is 1.80. The van der Waals surface area contributed by atoms with Crippen LogP contribution in [0.1, 0.15) is 22.5 Å². The van der Waals surface area contributed by atoms with Crippen LogP contribution < -0.4 is 5.73 Å². The van der Waals surface area contributed by atoms with Crippen molar-refractivity contribution in [1.29, 1.82) is 0 Å². The third-order valence-corrected chi connectivity index (χ3v) is 5.49. The molecule has 1 aliphatic carbocycles. The quantitative estimate of drug-likeness (QED) is 0.919. The molecule has 0 spiro atoms. The lowest BCUT2D eigenvalue weighted by molar-refractivity contribution is 0.0633. The largest absolute Gasteiger partial charge is 0.396 e. The number of piperazine rings is 1. The first-order valence-corrected chi connectivity index (χ1v) is 8.22. The van der Waals surface area contributed by atoms with Crippen LogP contribution >= 0.6 is 11.3 Å². The van der Waals surface area contributed by atoms with E-state index in [4.69, 9.17) is 5.73 Å². The number of carbonyl (C=O) groups excluding carboxylic acids is 1. The second kappa shape index (κ2) is 4.96. The van der Waals surface area contributed by atoms with Crippen LogP contribution in [0.2, 0.25) is 0 Å². The van der Waals surface area contributed by atoms with Crippen molar-refractivity contribution in [2.75, 3.05) is 31.9 Å². The average Bonchev–Trinajstić information content (AvgIpc) is 3.32. The Morgan fingerprint density at radius 3 is 2.71 bits per heavy atom. The van der Waals surface area contributed by atoms with Gasteiger partial charge >= 0.3 is 0 Å². The maximum Gasteiger partial charge on any atom is 0.266 e. The van der Waals surface area contributed by atoms with Crippen molar-refractivity contribution < 1.29 is 4.79 Å². The molecule has 3 heterocycles. The van der Waals surface area contributed by atoms with Gasteiger partial charge in [-0.15, -0.1) is 11.3 Å². The summed E-state index contributed by atoms with van der Waals surface area (Å²) in [5, 5.41) is 0. The summed E-state index contributed by atoms with van der Waals surface area (Å²) in [5.41, 5.74) is 7.41. The van der Waals surface area contributed by atoms with Gasteiger partial charge in [-0.1, -0.05) is 0 Å². The van der Waals surface area contributed by atoms with Gasteiger partial charge in [-0.05, 0) is 25.0 Å². The number of nitrogens with zero attached hydrogens (tertiary/aromatic N) is 3. The molecule has 0 atom stereocenters. The highest BCUT2D eigenvalue weighted by Gasteiger charge is 2.33. The number of nitrogens with two attached hydrogens (primary N) is 1. The molecule has 0 aromatic carbocycles. The SMILES string of the molecule is Nc1c(C(=O)N2CCN(C3CC3)CC2)sc2cccnc12. The summed E-state index contributed by atoms with van der Waals surface area (Å²) in [6, 6.07) is 4.62. The zero-order valence-corrected chi connectivity index (χ0v) is 12.6. The van der Waals surface area contributed by atoms with E-state index < -0.39 is 0 Å². The number of carbonyl (C=O) groups is 1. The number of hydrogen-bond acceptors (Lipinski definition) is 5. The molecule has 0 unspecified atom stereocenters. The molecule has 2 aliphatic rings. The Hall–Kier alpha value is -1.66. The molecular weight excluding hydrogens is 284 g/mol. The van der Waals surface area contributed by atoms with Crippen molar-refractivity contribution >= 4 is 33.1 Å². The highest BCUT2D eigenvalue weighted by atomic mass is 32.1. The average molecular weight is 302 g/mol. The third kappa shape index (κ3) is 2.28. The predicted molar refractivity (Wildman–Crippen MR) is 84.5 cm³/mol. The zero-order chi connectivity index (χ0) is 14.4. The topological polar surface area (TPSA) is 62.5 Å². The number of fused-ring (bicyclic) bond motifs is 1. The minimum absolute atomic E-state index is 0.0611. The minimum atomic E-state index is 0.0611. The van der Waals surface area contributed by atoms with E-state index in [9.17, 15) is 4.79 Å². The van der Waals surface area contributed by atoms with Gasteiger partial charge in [0.15, 0.2) is 0 Å². The van der Waals surface area contributed by atoms with Crippen molar-refractivity contribution in [2.45, 2.75) is 18.9 Å². The Morgan fingerprint density at radius 2 is 2.05 bits per heavy atom. The van der Waals surface area contributed by atoms with Crippen LogP contribution in [0.25, 0.3) is 10.2 Å². The molecule has 6 heteroatoms. The van der Waals surface area contributed by atoms with Gasteiger partial charge in [0.05, 0.1) is 10.4 Å². The van der Waals surface area contributed by atoms with Gasteiger partial charge in [-0.3, -0.25) is 14.7 Å². The van der Waals surface area contributed by atoms with Crippen molar-refractivity contribution in [2.24, 2.45) is 0 Å². The second-order valence-corrected chi connectivity index (χ2v) is 6.81. The summed E-state index contributed by atoms with van der Waals surface area (Å²) in [6.07, 6.45) is 4.36. The van der Waals surface area contributed by atoms with Gasteiger partial charge in [0.2, 0.25) is 0 Å². The van der Waals surface area contributed by atoms with E-state index in [1.807, 2.05) is 17.0 Å². The van der Waals surface area contributed by atoms with E-state index >= 15 is 0 Å². The van der Waals surface area contributed by atoms with Crippen LogP contribution in [0, 0.1) is 0 Å². The maximum atomic E-state index is 12.7. The lowest BCUT2D eigenvalue weighted by atomic mass is 10.2. The fraction of sp³-hybridized carbons (Fsp3) is 0.467. The molecule has 0 radical (unpaired) electrons. The number of aromatic nitrogens is 1. The Bertz CT molecular complexity index is 686. The fourth-order valence-corrected chi connectivity index (χ4v) is 4.03. The first kappa shape index (κ1) is 13.0. The smallest absolute Gasteiger partial charge is 0.266 e. The summed E-state index contributed by atoms with van der Waals surface area (Å²) >= 11 is 1.45. The molecule has 2 N–H and O–H groups in total. The summed E-state index contributed by atoms with van der Waals surface area (Å²) in [6.45, 7) is 3.58. The van der Waals surface area contributed by atoms with Gasteiger partial charge < -0.3 is 10.6 Å². The minimum Gasteiger partial charge on any atom is -0.396 e. The lowest BCUT2D eigenvalue weighted by Crippen LogP contribution is -2.49. The van der Waals surface area contributed by atoms with Crippen LogP contribution in [0.4, 0.5) is 5.69 Å². The zero-order valence-electron chi connectivity index (χ0n) is 11.8. The monoisotopic (exact) mass is 302 g/mol. The Kier molecular flexibility index (Phi) is 3.08. The molecule has 1 amide bonds. The van der Waals surface area contributed by atoms with Gasteiger partial charge in [0.25, 0.3) is 5.91 Å². The van der Waals surface area contributed by atoms with Crippen LogP contribution in [-0.4, -0.2) is 52.9 Å². The maximum absolute atomic E-state index is 12.7. The molecule has 110 valence electrons. The normalized spacial score (nSPS) is 20.1. The van der Waals surface area contributed by atoms with E-state index in [1.165, 1.54) is 24.2 Å². The number of thiophene rings is 1. The number of hydrogen-bond donors (Lipinski definition) is 1. The molecular formula is C15H18N4OS. The van der Waals surface area contributed by atoms with Crippen molar-refractivity contribution in [1.82, 2.24) is 14.8 Å². The molecule has 2 fully saturated rings. The van der Waals surface area contributed by atoms with Crippen molar-refractivity contribution in [3.63, 3.8) is 0 Å². The van der Waals surface area contributed by atoms with Crippen LogP contribution in [-0.2, 0) is 0 Å². The summed E-state index contributed by atoms with van der Waals surface area (Å²) in [7, 11) is 0. The third-order valence-electron chi connectivity index (χ3n) is 4.34. The Balaban J connectivity index is 1.54. The van der Waals surface area contributed by atoms with Crippen molar-refractivity contribution in [3.8, 4) is 0 Å². The molecule has 5 nitrogen and oxygen atoms in total. The molecule has 2 aromatic heterocycles. The van der Waals surface area contributed by atoms with E-state index in [0.29, 0.717) is 10.6 Å². The van der Waals surface area contributed by atoms with Crippen molar-refractivity contribution in [3.05, 3.63) is 23.2 Å². The summed E-state index contributed by atoms with van der Waals surface area (Å²) in [5.74, 6) is 0.0611. The molecule has 21 heavy (non-hydrogen) atoms. The standard InChI is InChI=1S/C15H18N4OS/c16-12-13-11(2-1-5-17-13)21-14(12)15(20)19-8-6-18(7-9-19)10-3-4-10/h1-2,5,10H,3-4,6-9,16H2. The molecule has 2 aromatic rings. The van der Waals surface area contributed by atoms with E-state index in [1.54, 1.807) is 6.20 Å². The number of amides is 1. The molecule has 1 aliphatic heterocycles. The van der Waals surface area contributed by atoms with Gasteiger partial charge in [0, 0.05) is 38.4 Å². The number of anilines is 1. The number of rotatable bonds is 2. The van der Waals surface area contributed by atoms with Crippen LogP contribution in [0.5, 0.6) is 0 Å². The highest BCUT2D eigenvalue weighted by molar-refractivity contribution is 7.21. The van der Waals surface area contributed by atoms with Gasteiger partial charge in [-0.25, -0.2) is 0 Å². The Morgan fingerprint density at radius 1 is 1.29 bits per heavy atom. The van der Waals surface area contributed by atoms with E-state index in [2.05, 4.69) is 9.88 Å². The number of nitrogen functional groups attached to an aromatic ring is 1. The van der Waals surface area contributed by atoms with E-state index in [0.717, 1.165) is 42.4 Å². The molecule has 1 saturated carbocycles. The van der Waals surface area contributed by atoms with Crippen LogP contribution in [0.3, 0.4) is 0 Å².